The monoisotopic (exact) mass is 444 g/mol. The highest BCUT2D eigenvalue weighted by Gasteiger charge is 2.17. The first-order valence-corrected chi connectivity index (χ1v) is 13.2. The van der Waals surface area contributed by atoms with Crippen molar-refractivity contribution in [1.82, 2.24) is 0 Å². The topological polar surface area (TPSA) is 3.24 Å². The Balaban J connectivity index is 1.85. The first-order chi connectivity index (χ1) is 16.1. The summed E-state index contributed by atoms with van der Waals surface area (Å²) < 4.78 is 0. The van der Waals surface area contributed by atoms with Crippen LogP contribution in [0.25, 0.3) is 21.5 Å². The SMILES string of the molecule is C=[P+](C)c1ccc(N(c2ccccc2)c2ccc3ccc4ccccccc2c3c4C)cc1. The Morgan fingerprint density at radius 1 is 0.606 bits per heavy atom. The number of nitrogens with zero attached hydrogens (tertiary/aromatic N) is 1. The van der Waals surface area contributed by atoms with E-state index in [9.17, 15) is 0 Å². The molecular weight excluding hydrogens is 417 g/mol. The molecule has 33 heavy (non-hydrogen) atoms. The van der Waals surface area contributed by atoms with Crippen molar-refractivity contribution in [2.45, 2.75) is 6.92 Å². The van der Waals surface area contributed by atoms with Gasteiger partial charge in [0.1, 0.15) is 19.5 Å². The zero-order chi connectivity index (χ0) is 22.8. The van der Waals surface area contributed by atoms with Gasteiger partial charge in [-0.3, -0.25) is 0 Å². The summed E-state index contributed by atoms with van der Waals surface area (Å²) in [6.07, 6.45) is 4.24. The Hall–Kier alpha value is -3.67. The summed E-state index contributed by atoms with van der Waals surface area (Å²) in [6, 6.07) is 41.3. The molecule has 0 N–H and O–H groups in total. The average molecular weight is 445 g/mol. The van der Waals surface area contributed by atoms with Gasteiger partial charge in [0.15, 0.2) is 0 Å². The van der Waals surface area contributed by atoms with E-state index < -0.39 is 0 Å². The third-order valence-electron chi connectivity index (χ3n) is 6.18. The Bertz CT molecular complexity index is 1480. The van der Waals surface area contributed by atoms with Gasteiger partial charge in [-0.2, -0.15) is 0 Å². The van der Waals surface area contributed by atoms with E-state index in [-0.39, 0.29) is 7.55 Å². The summed E-state index contributed by atoms with van der Waals surface area (Å²) in [5, 5.41) is 6.35. The first kappa shape index (κ1) is 21.2. The molecule has 2 heteroatoms. The molecule has 5 aromatic carbocycles. The van der Waals surface area contributed by atoms with Crippen LogP contribution in [-0.2, 0) is 0 Å². The summed E-state index contributed by atoms with van der Waals surface area (Å²) in [6.45, 7) is 4.42. The van der Waals surface area contributed by atoms with E-state index in [1.165, 1.54) is 38.1 Å². The highest BCUT2D eigenvalue weighted by atomic mass is 31.1. The average Bonchev–Trinajstić information content (AvgIpc) is 2.84. The highest BCUT2D eigenvalue weighted by molar-refractivity contribution is 7.62. The number of anilines is 3. The molecule has 0 saturated carbocycles. The Morgan fingerprint density at radius 3 is 1.91 bits per heavy atom. The van der Waals surface area contributed by atoms with Crippen molar-refractivity contribution < 1.29 is 0 Å². The molecule has 0 fully saturated rings. The van der Waals surface area contributed by atoms with E-state index in [4.69, 9.17) is 0 Å². The number of hydrogen-bond acceptors (Lipinski definition) is 1. The Morgan fingerprint density at radius 2 is 1.18 bits per heavy atom. The smallest absolute Gasteiger partial charge is 0.147 e. The fraction of sp³-hybridized carbons (Fsp3) is 0.0645. The third kappa shape index (κ3) is 4.09. The van der Waals surface area contributed by atoms with Crippen LogP contribution in [0.2, 0.25) is 0 Å². The van der Waals surface area contributed by atoms with Gasteiger partial charge < -0.3 is 4.90 Å². The van der Waals surface area contributed by atoms with Crippen LogP contribution in [0, 0.1) is 6.92 Å². The van der Waals surface area contributed by atoms with Gasteiger partial charge >= 0.3 is 0 Å². The molecule has 1 unspecified atom stereocenters. The van der Waals surface area contributed by atoms with Gasteiger partial charge in [-0.25, -0.2) is 0 Å². The molecule has 0 saturated heterocycles. The van der Waals surface area contributed by atoms with Crippen LogP contribution in [0.3, 0.4) is 0 Å². The van der Waals surface area contributed by atoms with Crippen LogP contribution in [0.1, 0.15) is 5.56 Å². The molecule has 5 aromatic rings. The van der Waals surface area contributed by atoms with E-state index in [0.717, 1.165) is 11.4 Å². The lowest BCUT2D eigenvalue weighted by molar-refractivity contribution is 1.30. The minimum Gasteiger partial charge on any atom is -0.310 e. The predicted octanol–water partition coefficient (Wildman–Crippen LogP) is 8.50. The fourth-order valence-corrected chi connectivity index (χ4v) is 5.13. The van der Waals surface area contributed by atoms with Crippen LogP contribution < -0.4 is 10.2 Å². The maximum atomic E-state index is 4.24. The van der Waals surface area contributed by atoms with Gasteiger partial charge in [0.05, 0.1) is 12.0 Å². The van der Waals surface area contributed by atoms with Crippen LogP contribution in [-0.4, -0.2) is 13.0 Å². The summed E-state index contributed by atoms with van der Waals surface area (Å²) in [4.78, 5) is 2.36. The van der Waals surface area contributed by atoms with Crippen LogP contribution >= 0.6 is 7.55 Å². The molecule has 1 atom stereocenters. The molecule has 1 nitrogen and oxygen atoms in total. The van der Waals surface area contributed by atoms with Crippen molar-refractivity contribution in [1.29, 1.82) is 0 Å². The van der Waals surface area contributed by atoms with Gasteiger partial charge in [0.25, 0.3) is 0 Å². The van der Waals surface area contributed by atoms with Crippen molar-refractivity contribution in [2.75, 3.05) is 11.6 Å². The summed E-state index contributed by atoms with van der Waals surface area (Å²) >= 11 is 0. The van der Waals surface area contributed by atoms with Crippen molar-refractivity contribution in [2.24, 2.45) is 0 Å². The molecule has 2 bridgehead atoms. The second-order valence-corrected chi connectivity index (χ2v) is 10.3. The molecule has 0 aliphatic carbocycles. The second-order valence-electron chi connectivity index (χ2n) is 8.36. The van der Waals surface area contributed by atoms with Crippen LogP contribution in [0.15, 0.2) is 115 Å². The predicted molar refractivity (Wildman–Crippen MR) is 149 cm³/mol. The van der Waals surface area contributed by atoms with E-state index in [0.29, 0.717) is 0 Å². The molecule has 0 aliphatic heterocycles. The van der Waals surface area contributed by atoms with Gasteiger partial charge in [-0.1, -0.05) is 72.8 Å². The lowest BCUT2D eigenvalue weighted by Crippen LogP contribution is -2.11. The summed E-state index contributed by atoms with van der Waals surface area (Å²) in [7, 11) is -0.371. The standard InChI is InChI=1S/C31H27NP/c1-23-24-11-7-4-5-10-14-29-30(22-17-25(16-15-24)31(23)29)32(26-12-8-6-9-13-26)27-18-20-28(21-19-27)33(2)3/h4-22H,2H2,1,3H3/q+1. The van der Waals surface area contributed by atoms with Crippen molar-refractivity contribution in [3.05, 3.63) is 121 Å². The molecule has 0 amide bonds. The fourth-order valence-electron chi connectivity index (χ4n) is 4.48. The van der Waals surface area contributed by atoms with E-state index >= 15 is 0 Å². The minimum absolute atomic E-state index is 0.371. The maximum absolute atomic E-state index is 4.24. The Kier molecular flexibility index (Phi) is 5.82. The van der Waals surface area contributed by atoms with Crippen molar-refractivity contribution in [3.63, 3.8) is 0 Å². The maximum Gasteiger partial charge on any atom is 0.147 e. The van der Waals surface area contributed by atoms with Crippen LogP contribution in [0.5, 0.6) is 0 Å². The first-order valence-electron chi connectivity index (χ1n) is 11.2. The molecule has 5 rings (SSSR count). The van der Waals surface area contributed by atoms with Gasteiger partial charge in [-0.05, 0) is 71.1 Å². The lowest BCUT2D eigenvalue weighted by atomic mass is 9.97. The van der Waals surface area contributed by atoms with Crippen molar-refractivity contribution in [3.8, 4) is 0 Å². The number of hydrogen-bond donors (Lipinski definition) is 0. The highest BCUT2D eigenvalue weighted by Crippen LogP contribution is 2.41. The van der Waals surface area contributed by atoms with E-state index in [1.807, 2.05) is 0 Å². The minimum atomic E-state index is -0.371. The second kappa shape index (κ2) is 9.06. The Labute approximate surface area is 197 Å². The molecule has 0 radical (unpaired) electrons. The number of para-hydroxylation sites is 1. The van der Waals surface area contributed by atoms with E-state index in [2.05, 4.69) is 140 Å². The van der Waals surface area contributed by atoms with Gasteiger partial charge in [-0.15, -0.1) is 0 Å². The van der Waals surface area contributed by atoms with Gasteiger partial charge in [0, 0.05) is 16.8 Å². The molecular formula is C31H27NP+. The number of fused-ring (bicyclic) bond motifs is 1. The molecule has 0 heterocycles. The number of aryl methyl sites for hydroxylation is 1. The molecule has 160 valence electrons. The zero-order valence-electron chi connectivity index (χ0n) is 19.1. The van der Waals surface area contributed by atoms with Crippen LogP contribution in [0.4, 0.5) is 17.1 Å². The summed E-state index contributed by atoms with van der Waals surface area (Å²) in [5.74, 6) is 0. The van der Waals surface area contributed by atoms with Crippen molar-refractivity contribution >= 4 is 57.8 Å². The lowest BCUT2D eigenvalue weighted by Gasteiger charge is -2.27. The number of rotatable bonds is 4. The third-order valence-corrected chi connectivity index (χ3v) is 7.36. The quantitative estimate of drug-likeness (QED) is 0.251. The van der Waals surface area contributed by atoms with Gasteiger partial charge in [0.2, 0.25) is 0 Å². The zero-order valence-corrected chi connectivity index (χ0v) is 20.0. The molecule has 0 aromatic heterocycles. The molecule has 0 spiro atoms. The summed E-state index contributed by atoms with van der Waals surface area (Å²) in [5.41, 5.74) is 4.76. The number of benzene rings is 4. The molecule has 0 aliphatic rings. The largest absolute Gasteiger partial charge is 0.310 e. The normalized spacial score (nSPS) is 11.4. The van der Waals surface area contributed by atoms with E-state index in [1.54, 1.807) is 0 Å².